The van der Waals surface area contributed by atoms with E-state index in [2.05, 4.69) is 10.6 Å². The molecule has 0 spiro atoms. The van der Waals surface area contributed by atoms with E-state index >= 15 is 0 Å². The summed E-state index contributed by atoms with van der Waals surface area (Å²) in [6, 6.07) is 14.4. The summed E-state index contributed by atoms with van der Waals surface area (Å²) in [6.45, 7) is 0.366. The molecule has 0 heterocycles. The Morgan fingerprint density at radius 2 is 1.62 bits per heavy atom. The minimum atomic E-state index is -0.728. The fourth-order valence-corrected chi connectivity index (χ4v) is 2.12. The van der Waals surface area contributed by atoms with Crippen molar-refractivity contribution in [1.82, 2.24) is 5.32 Å². The SMILES string of the molecule is COc1ccc(CCNC(=O)C(=O)Nc2ccccc2OC)cc1. The third-order valence-electron chi connectivity index (χ3n) is 3.42. The van der Waals surface area contributed by atoms with Crippen LogP contribution < -0.4 is 20.1 Å². The fraction of sp³-hybridized carbons (Fsp3) is 0.222. The van der Waals surface area contributed by atoms with E-state index in [-0.39, 0.29) is 0 Å². The highest BCUT2D eigenvalue weighted by Gasteiger charge is 2.14. The molecule has 0 radical (unpaired) electrons. The summed E-state index contributed by atoms with van der Waals surface area (Å²) in [5.41, 5.74) is 1.50. The van der Waals surface area contributed by atoms with E-state index in [1.807, 2.05) is 24.3 Å². The highest BCUT2D eigenvalue weighted by atomic mass is 16.5. The van der Waals surface area contributed by atoms with E-state index in [0.717, 1.165) is 11.3 Å². The van der Waals surface area contributed by atoms with E-state index in [1.54, 1.807) is 31.4 Å². The minimum Gasteiger partial charge on any atom is -0.497 e. The Morgan fingerprint density at radius 3 is 2.29 bits per heavy atom. The number of methoxy groups -OCH3 is 2. The Hall–Kier alpha value is -3.02. The van der Waals surface area contributed by atoms with Crippen LogP contribution in [0.15, 0.2) is 48.5 Å². The van der Waals surface area contributed by atoms with Crippen LogP contribution in [0, 0.1) is 0 Å². The van der Waals surface area contributed by atoms with Crippen molar-refractivity contribution in [2.75, 3.05) is 26.1 Å². The number of rotatable bonds is 6. The Balaban J connectivity index is 1.82. The summed E-state index contributed by atoms with van der Waals surface area (Å²) >= 11 is 0. The molecule has 0 saturated heterocycles. The molecule has 2 aromatic rings. The predicted octanol–water partition coefficient (Wildman–Crippen LogP) is 2.00. The summed E-state index contributed by atoms with van der Waals surface area (Å²) in [7, 11) is 3.11. The molecule has 0 aliphatic carbocycles. The van der Waals surface area contributed by atoms with Crippen molar-refractivity contribution in [3.05, 3.63) is 54.1 Å². The highest BCUT2D eigenvalue weighted by molar-refractivity contribution is 6.39. The molecule has 126 valence electrons. The average molecular weight is 328 g/mol. The lowest BCUT2D eigenvalue weighted by Gasteiger charge is -2.10. The predicted molar refractivity (Wildman–Crippen MR) is 91.3 cm³/mol. The number of anilines is 1. The van der Waals surface area contributed by atoms with Gasteiger partial charge in [-0.1, -0.05) is 24.3 Å². The van der Waals surface area contributed by atoms with Gasteiger partial charge in [-0.05, 0) is 36.2 Å². The highest BCUT2D eigenvalue weighted by Crippen LogP contribution is 2.22. The largest absolute Gasteiger partial charge is 0.497 e. The molecule has 2 rings (SSSR count). The second kappa shape index (κ2) is 8.57. The zero-order valence-electron chi connectivity index (χ0n) is 13.7. The summed E-state index contributed by atoms with van der Waals surface area (Å²) in [5.74, 6) is -0.139. The number of hydrogen-bond donors (Lipinski definition) is 2. The molecule has 0 aliphatic rings. The molecule has 2 amide bonds. The first kappa shape index (κ1) is 17.3. The molecule has 2 N–H and O–H groups in total. The molecule has 2 aromatic carbocycles. The lowest BCUT2D eigenvalue weighted by Crippen LogP contribution is -2.36. The monoisotopic (exact) mass is 328 g/mol. The lowest BCUT2D eigenvalue weighted by molar-refractivity contribution is -0.136. The molecule has 24 heavy (non-hydrogen) atoms. The maximum absolute atomic E-state index is 11.9. The van der Waals surface area contributed by atoms with Crippen LogP contribution in [0.3, 0.4) is 0 Å². The molecular weight excluding hydrogens is 308 g/mol. The average Bonchev–Trinajstić information content (AvgIpc) is 2.62. The second-order valence-electron chi connectivity index (χ2n) is 5.01. The number of ether oxygens (including phenoxy) is 2. The van der Waals surface area contributed by atoms with Gasteiger partial charge in [0, 0.05) is 6.54 Å². The number of carbonyl (C=O) groups is 2. The summed E-state index contributed by atoms with van der Waals surface area (Å²) in [4.78, 5) is 23.8. The lowest BCUT2D eigenvalue weighted by atomic mass is 10.1. The van der Waals surface area contributed by atoms with Gasteiger partial charge in [-0.2, -0.15) is 0 Å². The van der Waals surface area contributed by atoms with Crippen molar-refractivity contribution in [2.45, 2.75) is 6.42 Å². The van der Waals surface area contributed by atoms with Gasteiger partial charge in [0.1, 0.15) is 11.5 Å². The van der Waals surface area contributed by atoms with Crippen LogP contribution in [0.4, 0.5) is 5.69 Å². The van der Waals surface area contributed by atoms with Crippen molar-refractivity contribution in [1.29, 1.82) is 0 Å². The third kappa shape index (κ3) is 4.74. The van der Waals surface area contributed by atoms with Crippen LogP contribution in [-0.2, 0) is 16.0 Å². The van der Waals surface area contributed by atoms with Crippen molar-refractivity contribution >= 4 is 17.5 Å². The molecule has 6 heteroatoms. The van der Waals surface area contributed by atoms with Crippen LogP contribution in [0.5, 0.6) is 11.5 Å². The summed E-state index contributed by atoms with van der Waals surface area (Å²) < 4.78 is 10.2. The topological polar surface area (TPSA) is 76.7 Å². The van der Waals surface area contributed by atoms with Crippen LogP contribution in [0.25, 0.3) is 0 Å². The van der Waals surface area contributed by atoms with Gasteiger partial charge >= 0.3 is 11.8 Å². The van der Waals surface area contributed by atoms with Gasteiger partial charge in [0.15, 0.2) is 0 Å². The maximum Gasteiger partial charge on any atom is 0.313 e. The fourth-order valence-electron chi connectivity index (χ4n) is 2.12. The Morgan fingerprint density at radius 1 is 0.917 bits per heavy atom. The molecule has 0 aliphatic heterocycles. The first-order valence-electron chi connectivity index (χ1n) is 7.49. The molecule has 0 bridgehead atoms. The van der Waals surface area contributed by atoms with Crippen LogP contribution >= 0.6 is 0 Å². The Kier molecular flexibility index (Phi) is 6.19. The third-order valence-corrected chi connectivity index (χ3v) is 3.42. The van der Waals surface area contributed by atoms with E-state index in [0.29, 0.717) is 24.4 Å². The Bertz CT molecular complexity index is 698. The van der Waals surface area contributed by atoms with Crippen molar-refractivity contribution < 1.29 is 19.1 Å². The molecular formula is C18H20N2O4. The maximum atomic E-state index is 11.9. The number of carbonyl (C=O) groups excluding carboxylic acids is 2. The summed E-state index contributed by atoms with van der Waals surface area (Å²) in [6.07, 6.45) is 0.623. The number of amides is 2. The van der Waals surface area contributed by atoms with Crippen molar-refractivity contribution in [3.8, 4) is 11.5 Å². The first-order chi connectivity index (χ1) is 11.6. The van der Waals surface area contributed by atoms with Crippen LogP contribution in [0.2, 0.25) is 0 Å². The normalized spacial score (nSPS) is 9.92. The molecule has 0 unspecified atom stereocenters. The van der Waals surface area contributed by atoms with Gasteiger partial charge in [0.2, 0.25) is 0 Å². The van der Waals surface area contributed by atoms with Gasteiger partial charge < -0.3 is 20.1 Å². The second-order valence-corrected chi connectivity index (χ2v) is 5.01. The number of nitrogens with one attached hydrogen (secondary N) is 2. The Labute approximate surface area is 140 Å². The van der Waals surface area contributed by atoms with Crippen molar-refractivity contribution in [2.24, 2.45) is 0 Å². The molecule has 6 nitrogen and oxygen atoms in total. The zero-order valence-corrected chi connectivity index (χ0v) is 13.7. The molecule has 0 atom stereocenters. The zero-order chi connectivity index (χ0) is 17.4. The smallest absolute Gasteiger partial charge is 0.313 e. The number of hydrogen-bond acceptors (Lipinski definition) is 4. The molecule has 0 saturated carbocycles. The van der Waals surface area contributed by atoms with Crippen molar-refractivity contribution in [3.63, 3.8) is 0 Å². The molecule has 0 aromatic heterocycles. The van der Waals surface area contributed by atoms with Crippen LogP contribution in [0.1, 0.15) is 5.56 Å². The molecule has 0 fully saturated rings. The van der Waals surface area contributed by atoms with E-state index in [1.165, 1.54) is 7.11 Å². The standard InChI is InChI=1S/C18H20N2O4/c1-23-14-9-7-13(8-10-14)11-12-19-17(21)18(22)20-15-5-3-4-6-16(15)24-2/h3-10H,11-12H2,1-2H3,(H,19,21)(H,20,22). The van der Waals surface area contributed by atoms with Gasteiger partial charge in [0.25, 0.3) is 0 Å². The summed E-state index contributed by atoms with van der Waals surface area (Å²) in [5, 5.41) is 5.13. The van der Waals surface area contributed by atoms with Gasteiger partial charge in [0.05, 0.1) is 19.9 Å². The van der Waals surface area contributed by atoms with E-state index in [4.69, 9.17) is 9.47 Å². The minimum absolute atomic E-state index is 0.366. The number of para-hydroxylation sites is 2. The first-order valence-corrected chi connectivity index (χ1v) is 7.49. The van der Waals surface area contributed by atoms with Gasteiger partial charge in [-0.15, -0.1) is 0 Å². The van der Waals surface area contributed by atoms with Crippen LogP contribution in [-0.4, -0.2) is 32.6 Å². The quantitative estimate of drug-likeness (QED) is 0.795. The van der Waals surface area contributed by atoms with Gasteiger partial charge in [-0.25, -0.2) is 0 Å². The number of benzene rings is 2. The van der Waals surface area contributed by atoms with Gasteiger partial charge in [-0.3, -0.25) is 9.59 Å². The van der Waals surface area contributed by atoms with E-state index in [9.17, 15) is 9.59 Å². The van der Waals surface area contributed by atoms with E-state index < -0.39 is 11.8 Å².